The third kappa shape index (κ3) is 3.78. The van der Waals surface area contributed by atoms with Gasteiger partial charge in [0.15, 0.2) is 0 Å². The summed E-state index contributed by atoms with van der Waals surface area (Å²) >= 11 is 0. The topological polar surface area (TPSA) is 21.3 Å². The van der Waals surface area contributed by atoms with Gasteiger partial charge in [-0.15, -0.1) is 0 Å². The van der Waals surface area contributed by atoms with Gasteiger partial charge in [-0.25, -0.2) is 8.78 Å². The number of hydrogen-bond donors (Lipinski definition) is 1. The number of halogens is 2. The molecule has 2 rings (SSSR count). The van der Waals surface area contributed by atoms with Crippen LogP contribution in [0.1, 0.15) is 18.1 Å². The van der Waals surface area contributed by atoms with Gasteiger partial charge in [0.1, 0.15) is 23.1 Å². The average Bonchev–Trinajstić information content (AvgIpc) is 2.36. The molecule has 2 aromatic rings. The van der Waals surface area contributed by atoms with E-state index in [9.17, 15) is 8.78 Å². The Morgan fingerprint density at radius 2 is 1.70 bits per heavy atom. The van der Waals surface area contributed by atoms with E-state index in [1.165, 1.54) is 5.56 Å². The predicted octanol–water partition coefficient (Wildman–Crippen LogP) is 4.18. The predicted molar refractivity (Wildman–Crippen MR) is 75.0 cm³/mol. The monoisotopic (exact) mass is 277 g/mol. The molecule has 0 heterocycles. The number of nitrogens with one attached hydrogen (secondary N) is 1. The van der Waals surface area contributed by atoms with Crippen LogP contribution in [-0.2, 0) is 6.54 Å². The highest BCUT2D eigenvalue weighted by Crippen LogP contribution is 2.25. The van der Waals surface area contributed by atoms with Crippen molar-refractivity contribution in [2.75, 3.05) is 6.54 Å². The van der Waals surface area contributed by atoms with E-state index in [0.717, 1.165) is 36.9 Å². The van der Waals surface area contributed by atoms with Crippen molar-refractivity contribution in [2.24, 2.45) is 0 Å². The largest absolute Gasteiger partial charge is 0.457 e. The molecule has 0 aromatic heterocycles. The summed E-state index contributed by atoms with van der Waals surface area (Å²) in [6, 6.07) is 8.73. The molecule has 0 unspecified atom stereocenters. The minimum atomic E-state index is -0.652. The molecule has 2 nitrogen and oxygen atoms in total. The van der Waals surface area contributed by atoms with Gasteiger partial charge in [0.05, 0.1) is 0 Å². The Kier molecular flexibility index (Phi) is 4.69. The first-order valence-electron chi connectivity index (χ1n) is 6.52. The van der Waals surface area contributed by atoms with Crippen LogP contribution in [0.25, 0.3) is 0 Å². The van der Waals surface area contributed by atoms with Crippen LogP contribution in [-0.4, -0.2) is 6.54 Å². The van der Waals surface area contributed by atoms with Crippen LogP contribution in [0.4, 0.5) is 8.78 Å². The molecular weight excluding hydrogens is 260 g/mol. The molecule has 0 aliphatic rings. The van der Waals surface area contributed by atoms with E-state index in [1.807, 2.05) is 26.0 Å². The van der Waals surface area contributed by atoms with E-state index < -0.39 is 11.6 Å². The number of ether oxygens (including phenoxy) is 1. The molecule has 0 spiro atoms. The van der Waals surface area contributed by atoms with Crippen LogP contribution in [0.2, 0.25) is 0 Å². The van der Waals surface area contributed by atoms with E-state index in [1.54, 1.807) is 6.07 Å². The second-order valence-electron chi connectivity index (χ2n) is 4.58. The van der Waals surface area contributed by atoms with Gasteiger partial charge in [-0.05, 0) is 36.7 Å². The Balaban J connectivity index is 2.15. The molecule has 0 bridgehead atoms. The smallest absolute Gasteiger partial charge is 0.133 e. The van der Waals surface area contributed by atoms with E-state index >= 15 is 0 Å². The standard InChI is InChI=1S/C16H17F2NO/c1-3-19-10-12-4-5-15(6-11(12)2)20-16-8-13(17)7-14(18)9-16/h4-9,19H,3,10H2,1-2H3. The van der Waals surface area contributed by atoms with E-state index in [4.69, 9.17) is 4.74 Å². The highest BCUT2D eigenvalue weighted by Gasteiger charge is 2.05. The van der Waals surface area contributed by atoms with Gasteiger partial charge in [0.2, 0.25) is 0 Å². The Hall–Kier alpha value is -1.94. The summed E-state index contributed by atoms with van der Waals surface area (Å²) < 4.78 is 31.7. The van der Waals surface area contributed by atoms with E-state index in [-0.39, 0.29) is 5.75 Å². The third-order valence-corrected chi connectivity index (χ3v) is 2.95. The fourth-order valence-corrected chi connectivity index (χ4v) is 1.91. The van der Waals surface area contributed by atoms with Gasteiger partial charge in [0.25, 0.3) is 0 Å². The minimum Gasteiger partial charge on any atom is -0.457 e. The molecule has 2 aromatic carbocycles. The Labute approximate surface area is 117 Å². The van der Waals surface area contributed by atoms with Crippen LogP contribution in [0.3, 0.4) is 0 Å². The summed E-state index contributed by atoms with van der Waals surface area (Å²) in [5.74, 6) is -0.588. The molecule has 0 amide bonds. The fourth-order valence-electron chi connectivity index (χ4n) is 1.91. The van der Waals surface area contributed by atoms with Crippen molar-refractivity contribution in [3.05, 3.63) is 59.2 Å². The van der Waals surface area contributed by atoms with Crippen molar-refractivity contribution in [3.63, 3.8) is 0 Å². The first-order valence-corrected chi connectivity index (χ1v) is 6.52. The highest BCUT2D eigenvalue weighted by molar-refractivity contribution is 5.38. The van der Waals surface area contributed by atoms with Crippen molar-refractivity contribution >= 4 is 0 Å². The van der Waals surface area contributed by atoms with Crippen LogP contribution < -0.4 is 10.1 Å². The number of rotatable bonds is 5. The van der Waals surface area contributed by atoms with Crippen LogP contribution >= 0.6 is 0 Å². The van der Waals surface area contributed by atoms with Crippen molar-refractivity contribution < 1.29 is 13.5 Å². The Morgan fingerprint density at radius 1 is 1.00 bits per heavy atom. The van der Waals surface area contributed by atoms with Crippen molar-refractivity contribution in [3.8, 4) is 11.5 Å². The molecule has 106 valence electrons. The molecule has 4 heteroatoms. The third-order valence-electron chi connectivity index (χ3n) is 2.95. The first kappa shape index (κ1) is 14.5. The van der Waals surface area contributed by atoms with Gasteiger partial charge in [-0.2, -0.15) is 0 Å². The summed E-state index contributed by atoms with van der Waals surface area (Å²) in [5.41, 5.74) is 2.24. The van der Waals surface area contributed by atoms with Gasteiger partial charge in [-0.3, -0.25) is 0 Å². The Morgan fingerprint density at radius 3 is 2.30 bits per heavy atom. The van der Waals surface area contributed by atoms with Gasteiger partial charge >= 0.3 is 0 Å². The second kappa shape index (κ2) is 6.48. The summed E-state index contributed by atoms with van der Waals surface area (Å²) in [4.78, 5) is 0. The molecule has 0 aliphatic carbocycles. The van der Waals surface area contributed by atoms with Crippen LogP contribution in [0, 0.1) is 18.6 Å². The van der Waals surface area contributed by atoms with Crippen molar-refractivity contribution in [1.82, 2.24) is 5.32 Å². The fraction of sp³-hybridized carbons (Fsp3) is 0.250. The molecule has 20 heavy (non-hydrogen) atoms. The SMILES string of the molecule is CCNCc1ccc(Oc2cc(F)cc(F)c2)cc1C. The molecule has 0 atom stereocenters. The highest BCUT2D eigenvalue weighted by atomic mass is 19.1. The summed E-state index contributed by atoms with van der Waals surface area (Å²) in [6.07, 6.45) is 0. The Bertz CT molecular complexity index is 579. The van der Waals surface area contributed by atoms with E-state index in [0.29, 0.717) is 5.75 Å². The maximum absolute atomic E-state index is 13.1. The maximum atomic E-state index is 13.1. The van der Waals surface area contributed by atoms with Gasteiger partial charge < -0.3 is 10.1 Å². The molecule has 0 radical (unpaired) electrons. The number of aryl methyl sites for hydroxylation is 1. The minimum absolute atomic E-state index is 0.154. The zero-order chi connectivity index (χ0) is 14.5. The molecule has 0 aliphatic heterocycles. The van der Waals surface area contributed by atoms with Crippen LogP contribution in [0.15, 0.2) is 36.4 Å². The van der Waals surface area contributed by atoms with Gasteiger partial charge in [0, 0.05) is 24.7 Å². The molecule has 0 saturated carbocycles. The zero-order valence-corrected chi connectivity index (χ0v) is 11.5. The zero-order valence-electron chi connectivity index (χ0n) is 11.5. The van der Waals surface area contributed by atoms with Gasteiger partial charge in [-0.1, -0.05) is 13.0 Å². The lowest BCUT2D eigenvalue weighted by Crippen LogP contribution is -2.12. The lowest BCUT2D eigenvalue weighted by Gasteiger charge is -2.10. The van der Waals surface area contributed by atoms with E-state index in [2.05, 4.69) is 5.32 Å². The number of hydrogen-bond acceptors (Lipinski definition) is 2. The summed E-state index contributed by atoms with van der Waals surface area (Å²) in [5, 5.41) is 3.25. The molecule has 1 N–H and O–H groups in total. The first-order chi connectivity index (χ1) is 9.58. The molecule has 0 saturated heterocycles. The lowest BCUT2D eigenvalue weighted by molar-refractivity contribution is 0.467. The summed E-state index contributed by atoms with van der Waals surface area (Å²) in [6.45, 7) is 5.72. The average molecular weight is 277 g/mol. The molecule has 0 fully saturated rings. The number of benzene rings is 2. The van der Waals surface area contributed by atoms with Crippen molar-refractivity contribution in [2.45, 2.75) is 20.4 Å². The normalized spacial score (nSPS) is 10.6. The molecular formula is C16H17F2NO. The lowest BCUT2D eigenvalue weighted by atomic mass is 10.1. The second-order valence-corrected chi connectivity index (χ2v) is 4.58. The maximum Gasteiger partial charge on any atom is 0.133 e. The van der Waals surface area contributed by atoms with Crippen molar-refractivity contribution in [1.29, 1.82) is 0 Å². The van der Waals surface area contributed by atoms with Crippen LogP contribution in [0.5, 0.6) is 11.5 Å². The quantitative estimate of drug-likeness (QED) is 0.885. The summed E-state index contributed by atoms with van der Waals surface area (Å²) in [7, 11) is 0.